The molecule has 1 aliphatic rings. The Morgan fingerprint density at radius 3 is 2.41 bits per heavy atom. The number of carbonyl (C=O) groups excluding carboxylic acids is 1. The van der Waals surface area contributed by atoms with E-state index in [1.165, 1.54) is 42.3 Å². The summed E-state index contributed by atoms with van der Waals surface area (Å²) >= 11 is 1.98. The quantitative estimate of drug-likeness (QED) is 0.323. The molecule has 2 aromatic heterocycles. The van der Waals surface area contributed by atoms with Gasteiger partial charge in [-0.05, 0) is 72.8 Å². The first-order valence-corrected chi connectivity index (χ1v) is 13.1. The van der Waals surface area contributed by atoms with Crippen LogP contribution in [0, 0.1) is 21.7 Å². The molecule has 1 amide bonds. The van der Waals surface area contributed by atoms with Gasteiger partial charge < -0.3 is 15.4 Å². The highest BCUT2D eigenvalue weighted by Crippen LogP contribution is 2.30. The Balaban J connectivity index is 1.75. The molecule has 3 heterocycles. The van der Waals surface area contributed by atoms with Crippen LogP contribution in [0.25, 0.3) is 16.6 Å². The number of fused-ring (bicyclic) bond motifs is 1. The van der Waals surface area contributed by atoms with Crippen LogP contribution in [0.1, 0.15) is 12.5 Å². The van der Waals surface area contributed by atoms with Gasteiger partial charge in [-0.3, -0.25) is 28.1 Å². The van der Waals surface area contributed by atoms with Crippen molar-refractivity contribution in [2.45, 2.75) is 13.8 Å². The van der Waals surface area contributed by atoms with Gasteiger partial charge in [0.2, 0.25) is 5.91 Å². The van der Waals surface area contributed by atoms with E-state index in [1.54, 1.807) is 37.3 Å². The maximum atomic E-state index is 14.8. The zero-order valence-corrected chi connectivity index (χ0v) is 23.8. The highest BCUT2D eigenvalue weighted by molar-refractivity contribution is 14.1. The molecule has 0 saturated carbocycles. The summed E-state index contributed by atoms with van der Waals surface area (Å²) in [5.74, 6) is -0.751. The first-order chi connectivity index (χ1) is 18.4. The van der Waals surface area contributed by atoms with Crippen molar-refractivity contribution in [3.8, 4) is 5.69 Å². The topological polar surface area (TPSA) is 116 Å². The fraction of sp³-hybridized carbons (Fsp3) is 0.259. The number of ether oxygens (including phenoxy) is 1. The number of halogens is 2. The molecule has 0 spiro atoms. The van der Waals surface area contributed by atoms with E-state index in [2.05, 4.69) is 10.6 Å². The average Bonchev–Trinajstić information content (AvgIpc) is 2.88. The number of aryl methyl sites for hydroxylation is 1. The van der Waals surface area contributed by atoms with E-state index < -0.39 is 28.0 Å². The Kier molecular flexibility index (Phi) is 6.71. The minimum atomic E-state index is -0.682. The van der Waals surface area contributed by atoms with E-state index in [1.807, 2.05) is 22.6 Å². The fourth-order valence-electron chi connectivity index (χ4n) is 4.55. The number of nitrogens with zero attached hydrogens (tertiary/aromatic N) is 3. The van der Waals surface area contributed by atoms with Gasteiger partial charge in [-0.2, -0.15) is 0 Å². The Morgan fingerprint density at radius 1 is 1.05 bits per heavy atom. The highest BCUT2D eigenvalue weighted by Gasteiger charge is 2.41. The monoisotopic (exact) mass is 645 g/mol. The second-order valence-electron chi connectivity index (χ2n) is 9.85. The molecule has 2 N–H and O–H groups in total. The molecule has 0 bridgehead atoms. The van der Waals surface area contributed by atoms with Crippen LogP contribution in [-0.2, 0) is 23.6 Å². The third-order valence-electron chi connectivity index (χ3n) is 6.95. The summed E-state index contributed by atoms with van der Waals surface area (Å²) in [6.07, 6.45) is 0. The van der Waals surface area contributed by atoms with Gasteiger partial charge in [0.15, 0.2) is 0 Å². The summed E-state index contributed by atoms with van der Waals surface area (Å²) in [5, 5.41) is 5.78. The third-order valence-corrected chi connectivity index (χ3v) is 7.62. The average molecular weight is 645 g/mol. The van der Waals surface area contributed by atoms with Crippen molar-refractivity contribution < 1.29 is 13.9 Å². The second kappa shape index (κ2) is 9.75. The Hall–Kier alpha value is -3.78. The van der Waals surface area contributed by atoms with Crippen molar-refractivity contribution >= 4 is 56.6 Å². The van der Waals surface area contributed by atoms with Crippen molar-refractivity contribution in [3.05, 3.63) is 88.6 Å². The molecule has 4 aromatic rings. The lowest BCUT2D eigenvalue weighted by Crippen LogP contribution is -2.49. The predicted octanol–water partition coefficient (Wildman–Crippen LogP) is 3.16. The first kappa shape index (κ1) is 26.8. The number of pyridine rings is 1. The molecule has 0 unspecified atom stereocenters. The van der Waals surface area contributed by atoms with Crippen LogP contribution in [0.4, 0.5) is 21.6 Å². The molecule has 0 radical (unpaired) electrons. The molecule has 12 heteroatoms. The smallest absolute Gasteiger partial charge is 0.335 e. The first-order valence-electron chi connectivity index (χ1n) is 12.0. The molecule has 5 rings (SSSR count). The minimum Gasteiger partial charge on any atom is -0.379 e. The van der Waals surface area contributed by atoms with Gasteiger partial charge in [0.05, 0.1) is 35.5 Å². The SMILES string of the molecule is Cc1c(=O)n(C)c(Nc2ccc(I)cc2F)c2c(=O)n(C)c(=O)n(-c3cccc(NC(=O)C4(C)COC4)c3)c12. The van der Waals surface area contributed by atoms with Crippen molar-refractivity contribution in [1.29, 1.82) is 0 Å². The number of nitrogens with one attached hydrogen (secondary N) is 2. The molecule has 1 aliphatic heterocycles. The van der Waals surface area contributed by atoms with Gasteiger partial charge in [0.25, 0.3) is 11.1 Å². The lowest BCUT2D eigenvalue weighted by Gasteiger charge is -2.36. The highest BCUT2D eigenvalue weighted by atomic mass is 127. The predicted molar refractivity (Wildman–Crippen MR) is 155 cm³/mol. The lowest BCUT2D eigenvalue weighted by atomic mass is 9.87. The van der Waals surface area contributed by atoms with Crippen molar-refractivity contribution in [3.63, 3.8) is 0 Å². The van der Waals surface area contributed by atoms with Gasteiger partial charge in [0, 0.05) is 28.9 Å². The van der Waals surface area contributed by atoms with Crippen LogP contribution < -0.4 is 27.4 Å². The number of aromatic nitrogens is 3. The van der Waals surface area contributed by atoms with Crippen molar-refractivity contribution in [2.75, 3.05) is 23.8 Å². The van der Waals surface area contributed by atoms with Crippen LogP contribution in [0.2, 0.25) is 0 Å². The van der Waals surface area contributed by atoms with E-state index in [0.717, 1.165) is 4.57 Å². The van der Waals surface area contributed by atoms with E-state index in [9.17, 15) is 23.6 Å². The van der Waals surface area contributed by atoms with Gasteiger partial charge in [-0.15, -0.1) is 0 Å². The van der Waals surface area contributed by atoms with Crippen LogP contribution in [0.3, 0.4) is 0 Å². The van der Waals surface area contributed by atoms with Crippen LogP contribution in [0.5, 0.6) is 0 Å². The molecular weight excluding hydrogens is 620 g/mol. The molecule has 2 aromatic carbocycles. The van der Waals surface area contributed by atoms with Gasteiger partial charge >= 0.3 is 5.69 Å². The number of hydrogen-bond acceptors (Lipinski definition) is 6. The zero-order valence-electron chi connectivity index (χ0n) is 21.6. The molecule has 0 atom stereocenters. The fourth-order valence-corrected chi connectivity index (χ4v) is 5.01. The molecule has 1 saturated heterocycles. The van der Waals surface area contributed by atoms with E-state index in [-0.39, 0.29) is 33.9 Å². The molecule has 202 valence electrons. The van der Waals surface area contributed by atoms with Crippen LogP contribution >= 0.6 is 22.6 Å². The normalized spacial score (nSPS) is 14.2. The van der Waals surface area contributed by atoms with Gasteiger partial charge in [-0.25, -0.2) is 9.18 Å². The summed E-state index contributed by atoms with van der Waals surface area (Å²) in [4.78, 5) is 53.1. The van der Waals surface area contributed by atoms with Gasteiger partial charge in [-0.1, -0.05) is 6.07 Å². The number of amides is 1. The number of anilines is 3. The number of carbonyl (C=O) groups is 1. The number of benzene rings is 2. The summed E-state index contributed by atoms with van der Waals surface area (Å²) in [6, 6.07) is 11.1. The Morgan fingerprint density at radius 2 is 1.77 bits per heavy atom. The summed E-state index contributed by atoms with van der Waals surface area (Å²) < 4.78 is 24.0. The third kappa shape index (κ3) is 4.46. The largest absolute Gasteiger partial charge is 0.379 e. The van der Waals surface area contributed by atoms with Crippen molar-refractivity contribution in [1.82, 2.24) is 13.7 Å². The van der Waals surface area contributed by atoms with E-state index in [0.29, 0.717) is 28.2 Å². The summed E-state index contributed by atoms with van der Waals surface area (Å²) in [5.41, 5.74) is -1.39. The standard InChI is InChI=1S/C27H25FIN5O5/c1-14-21-20(22(32(3)23(14)35)31-19-9-8-15(29)10-18(19)28)24(36)33(4)26(38)34(21)17-7-5-6-16(11-17)30-25(37)27(2)12-39-13-27/h5-11,31H,12-13H2,1-4H3,(H,30,37). The van der Waals surface area contributed by atoms with Gasteiger partial charge in [0.1, 0.15) is 17.0 Å². The number of hydrogen-bond donors (Lipinski definition) is 2. The molecule has 10 nitrogen and oxygen atoms in total. The molecule has 1 fully saturated rings. The van der Waals surface area contributed by atoms with E-state index >= 15 is 0 Å². The summed E-state index contributed by atoms with van der Waals surface area (Å²) in [7, 11) is 2.80. The maximum Gasteiger partial charge on any atom is 0.335 e. The molecule has 39 heavy (non-hydrogen) atoms. The van der Waals surface area contributed by atoms with Crippen LogP contribution in [-0.4, -0.2) is 32.8 Å². The zero-order chi connectivity index (χ0) is 28.2. The number of rotatable bonds is 5. The minimum absolute atomic E-state index is 0.0308. The summed E-state index contributed by atoms with van der Waals surface area (Å²) in [6.45, 7) is 3.94. The Labute approximate surface area is 235 Å². The van der Waals surface area contributed by atoms with Crippen LogP contribution in [0.15, 0.2) is 56.8 Å². The lowest BCUT2D eigenvalue weighted by molar-refractivity contribution is -0.151. The maximum absolute atomic E-state index is 14.8. The van der Waals surface area contributed by atoms with Crippen molar-refractivity contribution in [2.24, 2.45) is 19.5 Å². The second-order valence-corrected chi connectivity index (χ2v) is 11.1. The molecule has 0 aliphatic carbocycles. The Bertz CT molecular complexity index is 1860. The molecular formula is C27H25FIN5O5. The van der Waals surface area contributed by atoms with E-state index in [4.69, 9.17) is 4.74 Å².